The first-order valence-electron chi connectivity index (χ1n) is 11.5. The van der Waals surface area contributed by atoms with Gasteiger partial charge < -0.3 is 10.6 Å². The van der Waals surface area contributed by atoms with Crippen molar-refractivity contribution in [2.45, 2.75) is 83.2 Å². The molecule has 6 nitrogen and oxygen atoms in total. The Hall–Kier alpha value is -2.37. The number of carbonyl (C=O) groups is 3. The summed E-state index contributed by atoms with van der Waals surface area (Å²) in [4.78, 5) is 39.2. The first-order chi connectivity index (χ1) is 14.4. The van der Waals surface area contributed by atoms with Crippen molar-refractivity contribution >= 4 is 17.8 Å². The van der Waals surface area contributed by atoms with Crippen LogP contribution in [-0.2, 0) is 22.4 Å². The highest BCUT2D eigenvalue weighted by Gasteiger charge is 2.52. The molecular weight excluding hydrogens is 378 g/mol. The molecule has 1 spiro atoms. The van der Waals surface area contributed by atoms with Crippen molar-refractivity contribution in [3.63, 3.8) is 0 Å². The number of nitrogens with one attached hydrogen (secondary N) is 2. The summed E-state index contributed by atoms with van der Waals surface area (Å²) in [6.45, 7) is 3.89. The van der Waals surface area contributed by atoms with Gasteiger partial charge in [0, 0.05) is 0 Å². The Labute approximate surface area is 178 Å². The topological polar surface area (TPSA) is 78.5 Å². The Kier molecular flexibility index (Phi) is 5.85. The fourth-order valence-electron chi connectivity index (χ4n) is 5.27. The van der Waals surface area contributed by atoms with Crippen LogP contribution in [0, 0.1) is 5.92 Å². The third-order valence-electron chi connectivity index (χ3n) is 7.33. The summed E-state index contributed by atoms with van der Waals surface area (Å²) in [5.41, 5.74) is 3.05. The lowest BCUT2D eigenvalue weighted by Gasteiger charge is -2.34. The molecule has 1 aromatic rings. The summed E-state index contributed by atoms with van der Waals surface area (Å²) >= 11 is 0. The van der Waals surface area contributed by atoms with Gasteiger partial charge in [0.15, 0.2) is 0 Å². The van der Waals surface area contributed by atoms with Gasteiger partial charge in [0.25, 0.3) is 5.91 Å². The van der Waals surface area contributed by atoms with Gasteiger partial charge in [-0.1, -0.05) is 31.5 Å². The fourth-order valence-corrected chi connectivity index (χ4v) is 5.27. The molecule has 0 radical (unpaired) electrons. The van der Waals surface area contributed by atoms with Gasteiger partial charge in [0.2, 0.25) is 5.91 Å². The Morgan fingerprint density at radius 2 is 1.90 bits per heavy atom. The number of urea groups is 1. The number of hydrogen-bond acceptors (Lipinski definition) is 3. The zero-order valence-electron chi connectivity index (χ0n) is 18.1. The largest absolute Gasteiger partial charge is 0.348 e. The van der Waals surface area contributed by atoms with E-state index in [1.807, 2.05) is 6.92 Å². The SMILES string of the molecule is CCC1CCC2(CC1)NC(=O)N(CC(=O)N[C@H](C)c1ccc3c(c1)CCCC3)C2=O. The van der Waals surface area contributed by atoms with Crippen LogP contribution in [0.15, 0.2) is 18.2 Å². The second kappa shape index (κ2) is 8.40. The second-order valence-corrected chi connectivity index (χ2v) is 9.28. The Balaban J connectivity index is 1.37. The number of rotatable bonds is 5. The van der Waals surface area contributed by atoms with Crippen molar-refractivity contribution in [2.24, 2.45) is 5.92 Å². The number of aryl methyl sites for hydroxylation is 2. The summed E-state index contributed by atoms with van der Waals surface area (Å²) in [7, 11) is 0. The molecule has 3 aliphatic rings. The maximum absolute atomic E-state index is 13.0. The van der Waals surface area contributed by atoms with Crippen LogP contribution in [0.3, 0.4) is 0 Å². The highest BCUT2D eigenvalue weighted by molar-refractivity contribution is 6.09. The molecular formula is C24H33N3O3. The minimum atomic E-state index is -0.798. The van der Waals surface area contributed by atoms with Gasteiger partial charge in [-0.3, -0.25) is 14.5 Å². The molecule has 0 aromatic heterocycles. The molecule has 0 bridgehead atoms. The standard InChI is InChI=1S/C24H33N3O3/c1-3-17-10-12-24(13-11-17)22(29)27(23(30)26-24)15-21(28)25-16(2)19-9-8-18-6-4-5-7-20(18)14-19/h8-9,14,16-17H,3-7,10-13,15H2,1-2H3,(H,25,28)(H,26,30)/t16-,17?,24?/m1/s1. The quantitative estimate of drug-likeness (QED) is 0.726. The zero-order chi connectivity index (χ0) is 21.3. The van der Waals surface area contributed by atoms with E-state index >= 15 is 0 Å². The Bertz CT molecular complexity index is 842. The summed E-state index contributed by atoms with van der Waals surface area (Å²) in [6.07, 6.45) is 8.99. The molecule has 30 heavy (non-hydrogen) atoms. The van der Waals surface area contributed by atoms with Crippen molar-refractivity contribution < 1.29 is 14.4 Å². The van der Waals surface area contributed by atoms with Crippen molar-refractivity contribution in [1.29, 1.82) is 0 Å². The number of fused-ring (bicyclic) bond motifs is 1. The maximum atomic E-state index is 13.0. The summed E-state index contributed by atoms with van der Waals surface area (Å²) in [5.74, 6) is 0.0804. The molecule has 4 amide bonds. The highest BCUT2D eigenvalue weighted by Crippen LogP contribution is 2.37. The third kappa shape index (κ3) is 3.96. The Morgan fingerprint density at radius 1 is 1.20 bits per heavy atom. The first-order valence-corrected chi connectivity index (χ1v) is 11.5. The average Bonchev–Trinajstić information content (AvgIpc) is 2.98. The van der Waals surface area contributed by atoms with E-state index < -0.39 is 11.6 Å². The predicted octanol–water partition coefficient (Wildman–Crippen LogP) is 3.63. The van der Waals surface area contributed by atoms with Gasteiger partial charge in [-0.05, 0) is 80.9 Å². The van der Waals surface area contributed by atoms with E-state index in [-0.39, 0.29) is 24.4 Å². The molecule has 2 N–H and O–H groups in total. The van der Waals surface area contributed by atoms with Crippen molar-refractivity contribution in [3.05, 3.63) is 34.9 Å². The minimum absolute atomic E-state index is 0.167. The predicted molar refractivity (Wildman–Crippen MR) is 115 cm³/mol. The van der Waals surface area contributed by atoms with Crippen LogP contribution in [0.2, 0.25) is 0 Å². The van der Waals surface area contributed by atoms with E-state index in [9.17, 15) is 14.4 Å². The van der Waals surface area contributed by atoms with E-state index in [1.54, 1.807) is 0 Å². The average molecular weight is 412 g/mol. The van der Waals surface area contributed by atoms with Gasteiger partial charge in [-0.2, -0.15) is 0 Å². The van der Waals surface area contributed by atoms with Gasteiger partial charge in [-0.25, -0.2) is 4.79 Å². The number of amides is 4. The van der Waals surface area contributed by atoms with E-state index in [2.05, 4.69) is 35.8 Å². The van der Waals surface area contributed by atoms with Crippen LogP contribution in [0.25, 0.3) is 0 Å². The molecule has 1 atom stereocenters. The number of hydrogen-bond donors (Lipinski definition) is 2. The van der Waals surface area contributed by atoms with E-state index in [0.717, 1.165) is 42.6 Å². The molecule has 1 saturated heterocycles. The van der Waals surface area contributed by atoms with E-state index in [1.165, 1.54) is 24.0 Å². The number of nitrogens with zero attached hydrogens (tertiary/aromatic N) is 1. The van der Waals surface area contributed by atoms with E-state index in [0.29, 0.717) is 18.8 Å². The Morgan fingerprint density at radius 3 is 2.60 bits per heavy atom. The number of benzene rings is 1. The smallest absolute Gasteiger partial charge is 0.325 e. The van der Waals surface area contributed by atoms with Crippen molar-refractivity contribution in [1.82, 2.24) is 15.5 Å². The van der Waals surface area contributed by atoms with Crippen LogP contribution in [-0.4, -0.2) is 34.8 Å². The van der Waals surface area contributed by atoms with Crippen molar-refractivity contribution in [2.75, 3.05) is 6.54 Å². The molecule has 162 valence electrons. The monoisotopic (exact) mass is 411 g/mol. The summed E-state index contributed by atoms with van der Waals surface area (Å²) in [6, 6.07) is 5.82. The maximum Gasteiger partial charge on any atom is 0.325 e. The molecule has 1 saturated carbocycles. The minimum Gasteiger partial charge on any atom is -0.348 e. The van der Waals surface area contributed by atoms with Gasteiger partial charge in [0.1, 0.15) is 12.1 Å². The molecule has 1 heterocycles. The molecule has 2 aliphatic carbocycles. The first kappa shape index (κ1) is 20.9. The second-order valence-electron chi connectivity index (χ2n) is 9.28. The van der Waals surface area contributed by atoms with Crippen LogP contribution in [0.5, 0.6) is 0 Å². The fraction of sp³-hybridized carbons (Fsp3) is 0.625. The molecule has 6 heteroatoms. The number of carbonyl (C=O) groups excluding carboxylic acids is 3. The zero-order valence-corrected chi connectivity index (χ0v) is 18.1. The summed E-state index contributed by atoms with van der Waals surface area (Å²) in [5, 5.41) is 5.86. The van der Waals surface area contributed by atoms with Gasteiger partial charge in [0.05, 0.1) is 6.04 Å². The van der Waals surface area contributed by atoms with Crippen LogP contribution < -0.4 is 10.6 Å². The highest BCUT2D eigenvalue weighted by atomic mass is 16.2. The summed E-state index contributed by atoms with van der Waals surface area (Å²) < 4.78 is 0. The number of imide groups is 1. The van der Waals surface area contributed by atoms with Gasteiger partial charge >= 0.3 is 6.03 Å². The molecule has 4 rings (SSSR count). The lowest BCUT2D eigenvalue weighted by atomic mass is 9.75. The van der Waals surface area contributed by atoms with E-state index in [4.69, 9.17) is 0 Å². The molecule has 1 aromatic carbocycles. The van der Waals surface area contributed by atoms with Gasteiger partial charge in [-0.15, -0.1) is 0 Å². The van der Waals surface area contributed by atoms with Crippen LogP contribution in [0.1, 0.15) is 81.5 Å². The lowest BCUT2D eigenvalue weighted by molar-refractivity contribution is -0.136. The van der Waals surface area contributed by atoms with Crippen LogP contribution in [0.4, 0.5) is 4.79 Å². The van der Waals surface area contributed by atoms with Crippen molar-refractivity contribution in [3.8, 4) is 0 Å². The molecule has 1 aliphatic heterocycles. The molecule has 2 fully saturated rings. The van der Waals surface area contributed by atoms with Crippen LogP contribution >= 0.6 is 0 Å². The third-order valence-corrected chi connectivity index (χ3v) is 7.33. The molecule has 0 unspecified atom stereocenters. The normalized spacial score (nSPS) is 27.0. The lowest BCUT2D eigenvalue weighted by Crippen LogP contribution is -2.50.